The minimum atomic E-state index is -0.910. The van der Waals surface area contributed by atoms with Gasteiger partial charge in [0.05, 0.1) is 11.3 Å². The van der Waals surface area contributed by atoms with E-state index in [-0.39, 0.29) is 12.2 Å². The molecule has 0 radical (unpaired) electrons. The molecule has 0 atom stereocenters. The first-order valence-electron chi connectivity index (χ1n) is 5.64. The molecule has 5 heteroatoms. The standard InChI is InChI=1S/C14H12F2N2O/c15-10-6-11(13(16)12(17)7-10)14(19)18-8-9-4-2-1-3-5-9/h1-7H,8,17H2,(H,18,19). The average Bonchev–Trinajstić information content (AvgIpc) is 2.41. The van der Waals surface area contributed by atoms with E-state index in [2.05, 4.69) is 5.32 Å². The zero-order valence-electron chi connectivity index (χ0n) is 9.99. The smallest absolute Gasteiger partial charge is 0.254 e. The number of amides is 1. The van der Waals surface area contributed by atoms with Gasteiger partial charge in [-0.2, -0.15) is 0 Å². The number of carbonyl (C=O) groups excluding carboxylic acids is 1. The van der Waals surface area contributed by atoms with Gasteiger partial charge in [0.25, 0.3) is 5.91 Å². The van der Waals surface area contributed by atoms with Crippen LogP contribution in [0.2, 0.25) is 0 Å². The van der Waals surface area contributed by atoms with Gasteiger partial charge in [-0.05, 0) is 17.7 Å². The van der Waals surface area contributed by atoms with Crippen LogP contribution in [0.5, 0.6) is 0 Å². The molecule has 0 aromatic heterocycles. The predicted molar refractivity (Wildman–Crippen MR) is 68.4 cm³/mol. The van der Waals surface area contributed by atoms with Gasteiger partial charge in [-0.15, -0.1) is 0 Å². The van der Waals surface area contributed by atoms with Crippen LogP contribution in [0, 0.1) is 11.6 Å². The van der Waals surface area contributed by atoms with Crippen molar-refractivity contribution in [3.05, 3.63) is 65.2 Å². The molecule has 2 rings (SSSR count). The Balaban J connectivity index is 2.13. The van der Waals surface area contributed by atoms with Gasteiger partial charge in [0, 0.05) is 6.54 Å². The summed E-state index contributed by atoms with van der Waals surface area (Å²) in [5, 5.41) is 2.51. The minimum absolute atomic E-state index is 0.232. The Hall–Kier alpha value is -2.43. The molecule has 98 valence electrons. The SMILES string of the molecule is Nc1cc(F)cc(C(=O)NCc2ccccc2)c1F. The number of nitrogens with one attached hydrogen (secondary N) is 1. The van der Waals surface area contributed by atoms with Gasteiger partial charge >= 0.3 is 0 Å². The second kappa shape index (κ2) is 5.48. The van der Waals surface area contributed by atoms with E-state index in [1.807, 2.05) is 30.3 Å². The third-order valence-corrected chi connectivity index (χ3v) is 2.61. The van der Waals surface area contributed by atoms with E-state index in [0.717, 1.165) is 17.7 Å². The molecule has 0 unspecified atom stereocenters. The first-order chi connectivity index (χ1) is 9.08. The topological polar surface area (TPSA) is 55.1 Å². The highest BCUT2D eigenvalue weighted by molar-refractivity contribution is 5.95. The van der Waals surface area contributed by atoms with Gasteiger partial charge in [0.2, 0.25) is 0 Å². The van der Waals surface area contributed by atoms with Crippen LogP contribution in [0.3, 0.4) is 0 Å². The molecule has 3 N–H and O–H groups in total. The molecular weight excluding hydrogens is 250 g/mol. The number of nitrogen functional groups attached to an aromatic ring is 1. The highest BCUT2D eigenvalue weighted by Crippen LogP contribution is 2.17. The number of nitrogens with two attached hydrogens (primary N) is 1. The highest BCUT2D eigenvalue weighted by atomic mass is 19.1. The molecule has 0 aliphatic heterocycles. The Kier molecular flexibility index (Phi) is 3.75. The van der Waals surface area contributed by atoms with Gasteiger partial charge in [0.15, 0.2) is 5.82 Å². The Bertz CT molecular complexity index is 600. The number of benzene rings is 2. The highest BCUT2D eigenvalue weighted by Gasteiger charge is 2.15. The lowest BCUT2D eigenvalue weighted by atomic mass is 10.1. The summed E-state index contributed by atoms with van der Waals surface area (Å²) >= 11 is 0. The Morgan fingerprint density at radius 1 is 1.16 bits per heavy atom. The van der Waals surface area contributed by atoms with Crippen LogP contribution in [-0.4, -0.2) is 5.91 Å². The fourth-order valence-corrected chi connectivity index (χ4v) is 1.65. The lowest BCUT2D eigenvalue weighted by Crippen LogP contribution is -2.24. The van der Waals surface area contributed by atoms with E-state index in [4.69, 9.17) is 5.73 Å². The summed E-state index contributed by atoms with van der Waals surface area (Å²) in [6.45, 7) is 0.232. The lowest BCUT2D eigenvalue weighted by Gasteiger charge is -2.08. The number of halogens is 2. The number of carbonyl (C=O) groups is 1. The molecule has 0 saturated carbocycles. The number of hydrogen-bond donors (Lipinski definition) is 2. The van der Waals surface area contributed by atoms with Crippen molar-refractivity contribution >= 4 is 11.6 Å². The maximum Gasteiger partial charge on any atom is 0.254 e. The van der Waals surface area contributed by atoms with Crippen LogP contribution in [0.1, 0.15) is 15.9 Å². The summed E-state index contributed by atoms with van der Waals surface area (Å²) in [6, 6.07) is 10.8. The number of rotatable bonds is 3. The largest absolute Gasteiger partial charge is 0.396 e. The molecule has 3 nitrogen and oxygen atoms in total. The summed E-state index contributed by atoms with van der Waals surface area (Å²) in [7, 11) is 0. The van der Waals surface area contributed by atoms with E-state index < -0.39 is 23.1 Å². The summed E-state index contributed by atoms with van der Waals surface area (Å²) in [5.74, 6) is -2.36. The zero-order valence-corrected chi connectivity index (χ0v) is 9.99. The van der Waals surface area contributed by atoms with Crippen molar-refractivity contribution in [3.63, 3.8) is 0 Å². The summed E-state index contributed by atoms with van der Waals surface area (Å²) in [4.78, 5) is 11.8. The van der Waals surface area contributed by atoms with Crippen LogP contribution in [0.4, 0.5) is 14.5 Å². The van der Waals surface area contributed by atoms with Crippen LogP contribution in [0.25, 0.3) is 0 Å². The monoisotopic (exact) mass is 262 g/mol. The molecule has 0 aliphatic rings. The normalized spacial score (nSPS) is 10.2. The number of anilines is 1. The molecule has 19 heavy (non-hydrogen) atoms. The second-order valence-electron chi connectivity index (χ2n) is 4.02. The van der Waals surface area contributed by atoms with Gasteiger partial charge in [-0.1, -0.05) is 30.3 Å². The first kappa shape index (κ1) is 13.0. The molecule has 0 heterocycles. The molecule has 0 bridgehead atoms. The number of hydrogen-bond acceptors (Lipinski definition) is 2. The summed E-state index contributed by atoms with van der Waals surface area (Å²) in [6.07, 6.45) is 0. The third-order valence-electron chi connectivity index (χ3n) is 2.61. The molecule has 0 spiro atoms. The Morgan fingerprint density at radius 3 is 2.53 bits per heavy atom. The van der Waals surface area contributed by atoms with Crippen molar-refractivity contribution in [2.45, 2.75) is 6.54 Å². The molecule has 0 aliphatic carbocycles. The van der Waals surface area contributed by atoms with Crippen LogP contribution >= 0.6 is 0 Å². The van der Waals surface area contributed by atoms with Crippen molar-refractivity contribution in [3.8, 4) is 0 Å². The summed E-state index contributed by atoms with van der Waals surface area (Å²) in [5.41, 5.74) is 5.35. The fourth-order valence-electron chi connectivity index (χ4n) is 1.65. The summed E-state index contributed by atoms with van der Waals surface area (Å²) < 4.78 is 26.7. The maximum absolute atomic E-state index is 13.6. The van der Waals surface area contributed by atoms with Crippen LogP contribution in [0.15, 0.2) is 42.5 Å². The van der Waals surface area contributed by atoms with E-state index in [1.54, 1.807) is 0 Å². The van der Waals surface area contributed by atoms with E-state index in [1.165, 1.54) is 0 Å². The van der Waals surface area contributed by atoms with Crippen molar-refractivity contribution in [1.82, 2.24) is 5.32 Å². The Morgan fingerprint density at radius 2 is 1.84 bits per heavy atom. The zero-order chi connectivity index (χ0) is 13.8. The maximum atomic E-state index is 13.6. The van der Waals surface area contributed by atoms with Crippen molar-refractivity contribution < 1.29 is 13.6 Å². The molecule has 0 fully saturated rings. The molecule has 2 aromatic carbocycles. The average molecular weight is 262 g/mol. The lowest BCUT2D eigenvalue weighted by molar-refractivity contribution is 0.0946. The van der Waals surface area contributed by atoms with Crippen LogP contribution < -0.4 is 11.1 Å². The van der Waals surface area contributed by atoms with Crippen molar-refractivity contribution in [2.75, 3.05) is 5.73 Å². The van der Waals surface area contributed by atoms with E-state index in [0.29, 0.717) is 0 Å². The quantitative estimate of drug-likeness (QED) is 0.835. The first-order valence-corrected chi connectivity index (χ1v) is 5.64. The molecule has 1 amide bonds. The van der Waals surface area contributed by atoms with E-state index >= 15 is 0 Å². The van der Waals surface area contributed by atoms with Gasteiger partial charge < -0.3 is 11.1 Å². The molecular formula is C14H12F2N2O. The van der Waals surface area contributed by atoms with Gasteiger partial charge in [-0.25, -0.2) is 8.78 Å². The van der Waals surface area contributed by atoms with Crippen LogP contribution in [-0.2, 0) is 6.54 Å². The minimum Gasteiger partial charge on any atom is -0.396 e. The second-order valence-corrected chi connectivity index (χ2v) is 4.02. The Labute approximate surface area is 109 Å². The predicted octanol–water partition coefficient (Wildman–Crippen LogP) is 2.48. The van der Waals surface area contributed by atoms with Gasteiger partial charge in [0.1, 0.15) is 5.82 Å². The van der Waals surface area contributed by atoms with E-state index in [9.17, 15) is 13.6 Å². The fraction of sp³-hybridized carbons (Fsp3) is 0.0714. The molecule has 2 aromatic rings. The molecule has 0 saturated heterocycles. The van der Waals surface area contributed by atoms with Crippen molar-refractivity contribution in [1.29, 1.82) is 0 Å². The van der Waals surface area contributed by atoms with Crippen molar-refractivity contribution in [2.24, 2.45) is 0 Å². The van der Waals surface area contributed by atoms with Gasteiger partial charge in [-0.3, -0.25) is 4.79 Å². The third kappa shape index (κ3) is 3.07.